The highest BCUT2D eigenvalue weighted by Crippen LogP contribution is 2.09. The van der Waals surface area contributed by atoms with Crippen LogP contribution in [0.3, 0.4) is 0 Å². The molecular weight excluding hydrogens is 538 g/mol. The fraction of sp³-hybridized carbons (Fsp3) is 0.176. The molecule has 24 heavy (non-hydrogen) atoms. The number of hydrogen-bond acceptors (Lipinski definition) is 5. The second-order valence-electron chi connectivity index (χ2n) is 4.86. The summed E-state index contributed by atoms with van der Waals surface area (Å²) in [5.74, 6) is -1.07. The van der Waals surface area contributed by atoms with E-state index >= 15 is 0 Å². The fourth-order valence-corrected chi connectivity index (χ4v) is 2.45. The predicted molar refractivity (Wildman–Crippen MR) is 105 cm³/mol. The Kier molecular flexibility index (Phi) is 7.43. The molecular formula is C17H14I2O5. The van der Waals surface area contributed by atoms with Gasteiger partial charge in [-0.1, -0.05) is 0 Å². The molecule has 0 atom stereocenters. The molecule has 2 aromatic carbocycles. The molecule has 0 aliphatic rings. The molecule has 0 fully saturated rings. The maximum Gasteiger partial charge on any atom is 0.338 e. The number of rotatable bonds is 6. The van der Waals surface area contributed by atoms with Crippen LogP contribution in [0.4, 0.5) is 0 Å². The lowest BCUT2D eigenvalue weighted by molar-refractivity contribution is -0.00469. The Balaban J connectivity index is 1.75. The van der Waals surface area contributed by atoms with E-state index in [1.807, 2.05) is 0 Å². The van der Waals surface area contributed by atoms with Gasteiger partial charge in [-0.15, -0.1) is 0 Å². The molecule has 0 spiro atoms. The van der Waals surface area contributed by atoms with E-state index in [0.29, 0.717) is 11.1 Å². The second kappa shape index (κ2) is 9.33. The molecule has 0 saturated heterocycles. The van der Waals surface area contributed by atoms with Crippen LogP contribution in [0.25, 0.3) is 0 Å². The normalized spacial score (nSPS) is 10.5. The van der Waals surface area contributed by atoms with E-state index in [9.17, 15) is 14.7 Å². The first-order chi connectivity index (χ1) is 11.5. The predicted octanol–water partition coefficient (Wildman–Crippen LogP) is 3.27. The Morgan fingerprint density at radius 1 is 0.792 bits per heavy atom. The molecule has 1 N–H and O–H groups in total. The summed E-state index contributed by atoms with van der Waals surface area (Å²) < 4.78 is 12.0. The first-order valence-corrected chi connectivity index (χ1v) is 9.15. The monoisotopic (exact) mass is 552 g/mol. The van der Waals surface area contributed by atoms with Gasteiger partial charge in [-0.2, -0.15) is 0 Å². The minimum atomic E-state index is -1.08. The molecule has 0 aliphatic heterocycles. The van der Waals surface area contributed by atoms with Crippen LogP contribution in [0.1, 0.15) is 20.7 Å². The lowest BCUT2D eigenvalue weighted by Gasteiger charge is -2.12. The summed E-state index contributed by atoms with van der Waals surface area (Å²) >= 11 is 4.27. The number of aliphatic hydroxyl groups excluding tert-OH is 1. The highest BCUT2D eigenvalue weighted by molar-refractivity contribution is 14.1. The van der Waals surface area contributed by atoms with Gasteiger partial charge in [-0.25, -0.2) is 9.59 Å². The maximum absolute atomic E-state index is 11.8. The van der Waals surface area contributed by atoms with Gasteiger partial charge in [0, 0.05) is 7.14 Å². The van der Waals surface area contributed by atoms with Gasteiger partial charge in [-0.05, 0) is 93.7 Å². The average molecular weight is 552 g/mol. The third-order valence-electron chi connectivity index (χ3n) is 2.97. The fourth-order valence-electron chi connectivity index (χ4n) is 1.73. The van der Waals surface area contributed by atoms with Gasteiger partial charge in [0.25, 0.3) is 0 Å². The van der Waals surface area contributed by atoms with Crippen LogP contribution in [-0.2, 0) is 9.47 Å². The Hall–Kier alpha value is -1.20. The summed E-state index contributed by atoms with van der Waals surface area (Å²) in [6, 6.07) is 13.7. The molecule has 0 aliphatic carbocycles. The molecule has 0 amide bonds. The topological polar surface area (TPSA) is 72.8 Å². The van der Waals surface area contributed by atoms with Gasteiger partial charge >= 0.3 is 11.9 Å². The minimum Gasteiger partial charge on any atom is -0.459 e. The molecule has 0 unspecified atom stereocenters. The van der Waals surface area contributed by atoms with Crippen molar-refractivity contribution in [2.75, 3.05) is 13.2 Å². The van der Waals surface area contributed by atoms with Crippen molar-refractivity contribution in [1.82, 2.24) is 0 Å². The van der Waals surface area contributed by atoms with Crippen LogP contribution < -0.4 is 0 Å². The van der Waals surface area contributed by atoms with E-state index in [1.54, 1.807) is 48.5 Å². The van der Waals surface area contributed by atoms with Gasteiger partial charge < -0.3 is 14.6 Å². The molecule has 0 radical (unpaired) electrons. The van der Waals surface area contributed by atoms with E-state index in [4.69, 9.17) is 9.47 Å². The summed E-state index contributed by atoms with van der Waals surface area (Å²) in [5.41, 5.74) is 0.803. The highest BCUT2D eigenvalue weighted by Gasteiger charge is 2.14. The number of halogens is 2. The average Bonchev–Trinajstić information content (AvgIpc) is 2.58. The molecule has 0 bridgehead atoms. The van der Waals surface area contributed by atoms with Gasteiger partial charge in [0.05, 0.1) is 11.1 Å². The lowest BCUT2D eigenvalue weighted by atomic mass is 10.2. The van der Waals surface area contributed by atoms with E-state index in [-0.39, 0.29) is 13.2 Å². The molecule has 0 heterocycles. The Labute approximate surface area is 166 Å². The summed E-state index contributed by atoms with van der Waals surface area (Å²) in [6.45, 7) is -0.491. The number of benzene rings is 2. The summed E-state index contributed by atoms with van der Waals surface area (Å²) in [5, 5.41) is 9.77. The van der Waals surface area contributed by atoms with Crippen molar-refractivity contribution in [2.45, 2.75) is 6.10 Å². The number of hydrogen-bond donors (Lipinski definition) is 1. The Morgan fingerprint density at radius 2 is 1.12 bits per heavy atom. The zero-order valence-electron chi connectivity index (χ0n) is 12.4. The number of carbonyl (C=O) groups excluding carboxylic acids is 2. The number of esters is 2. The van der Waals surface area contributed by atoms with Crippen LogP contribution in [-0.4, -0.2) is 36.4 Å². The van der Waals surface area contributed by atoms with Gasteiger partial charge in [0.1, 0.15) is 19.3 Å². The second-order valence-corrected chi connectivity index (χ2v) is 7.36. The standard InChI is InChI=1S/C17H14I2O5/c18-13-5-1-11(2-6-13)16(21)23-9-15(20)10-24-17(22)12-3-7-14(19)8-4-12/h1-8,15,20H,9-10H2. The summed E-state index contributed by atoms with van der Waals surface area (Å²) in [7, 11) is 0. The van der Waals surface area contributed by atoms with E-state index < -0.39 is 18.0 Å². The summed E-state index contributed by atoms with van der Waals surface area (Å²) in [4.78, 5) is 23.6. The smallest absolute Gasteiger partial charge is 0.338 e. The van der Waals surface area contributed by atoms with Crippen molar-refractivity contribution in [3.63, 3.8) is 0 Å². The first kappa shape index (κ1) is 19.1. The van der Waals surface area contributed by atoms with Gasteiger partial charge in [-0.3, -0.25) is 0 Å². The zero-order valence-corrected chi connectivity index (χ0v) is 16.8. The molecule has 0 saturated carbocycles. The molecule has 126 valence electrons. The Morgan fingerprint density at radius 3 is 1.46 bits per heavy atom. The lowest BCUT2D eigenvalue weighted by Crippen LogP contribution is -2.25. The van der Waals surface area contributed by atoms with Crippen molar-refractivity contribution < 1.29 is 24.2 Å². The van der Waals surface area contributed by atoms with Crippen molar-refractivity contribution in [2.24, 2.45) is 0 Å². The maximum atomic E-state index is 11.8. The summed E-state index contributed by atoms with van der Waals surface area (Å²) in [6.07, 6.45) is -1.08. The van der Waals surface area contributed by atoms with Crippen LogP contribution in [0.15, 0.2) is 48.5 Å². The largest absolute Gasteiger partial charge is 0.459 e. The van der Waals surface area contributed by atoms with Crippen molar-refractivity contribution in [3.8, 4) is 0 Å². The SMILES string of the molecule is O=C(OCC(O)COC(=O)c1ccc(I)cc1)c1ccc(I)cc1. The van der Waals surface area contributed by atoms with Gasteiger partial charge in [0.2, 0.25) is 0 Å². The van der Waals surface area contributed by atoms with Crippen LogP contribution in [0.5, 0.6) is 0 Å². The highest BCUT2D eigenvalue weighted by atomic mass is 127. The third kappa shape index (κ3) is 6.02. The number of carbonyl (C=O) groups is 2. The number of aliphatic hydroxyl groups is 1. The molecule has 2 rings (SSSR count). The van der Waals surface area contributed by atoms with Crippen molar-refractivity contribution in [1.29, 1.82) is 0 Å². The van der Waals surface area contributed by atoms with Crippen LogP contribution >= 0.6 is 45.2 Å². The van der Waals surface area contributed by atoms with E-state index in [2.05, 4.69) is 45.2 Å². The molecule has 7 heteroatoms. The third-order valence-corrected chi connectivity index (χ3v) is 4.41. The Bertz CT molecular complexity index is 636. The van der Waals surface area contributed by atoms with Crippen LogP contribution in [0, 0.1) is 7.14 Å². The minimum absolute atomic E-state index is 0.245. The van der Waals surface area contributed by atoms with E-state index in [0.717, 1.165) is 7.14 Å². The molecule has 0 aromatic heterocycles. The zero-order chi connectivity index (χ0) is 17.5. The van der Waals surface area contributed by atoms with Crippen molar-refractivity contribution in [3.05, 3.63) is 66.8 Å². The van der Waals surface area contributed by atoms with Crippen LogP contribution in [0.2, 0.25) is 0 Å². The van der Waals surface area contributed by atoms with Gasteiger partial charge in [0.15, 0.2) is 0 Å². The van der Waals surface area contributed by atoms with E-state index in [1.165, 1.54) is 0 Å². The quantitative estimate of drug-likeness (QED) is 0.441. The van der Waals surface area contributed by atoms with Crippen molar-refractivity contribution >= 4 is 57.1 Å². The number of ether oxygens (including phenoxy) is 2. The molecule has 2 aromatic rings. The first-order valence-electron chi connectivity index (χ1n) is 6.99. The molecule has 5 nitrogen and oxygen atoms in total.